The minimum Gasteiger partial charge on any atom is -0.383 e. The van der Waals surface area contributed by atoms with Gasteiger partial charge >= 0.3 is 0 Å². The first-order valence-electron chi connectivity index (χ1n) is 5.86. The van der Waals surface area contributed by atoms with Crippen LogP contribution >= 0.6 is 0 Å². The molecule has 1 aromatic carbocycles. The first-order valence-corrected chi connectivity index (χ1v) is 5.86. The van der Waals surface area contributed by atoms with Crippen LogP contribution in [0, 0.1) is 6.92 Å². The Balaban J connectivity index is 1.98. The molecule has 0 aliphatic heterocycles. The van der Waals surface area contributed by atoms with E-state index in [1.54, 1.807) is 14.0 Å². The highest BCUT2D eigenvalue weighted by molar-refractivity contribution is 5.19. The summed E-state index contributed by atoms with van der Waals surface area (Å²) in [5.74, 6) is 1.24. The summed E-state index contributed by atoms with van der Waals surface area (Å²) in [6.45, 7) is 2.93. The van der Waals surface area contributed by atoms with E-state index in [4.69, 9.17) is 9.26 Å². The molecule has 0 aliphatic rings. The molecular weight excluding hydrogens is 230 g/mol. The van der Waals surface area contributed by atoms with Crippen LogP contribution in [0.1, 0.15) is 23.3 Å². The van der Waals surface area contributed by atoms with Gasteiger partial charge in [-0.2, -0.15) is 4.98 Å². The lowest BCUT2D eigenvalue weighted by molar-refractivity contribution is 0.165. The Hall–Kier alpha value is -1.72. The molecule has 96 valence electrons. The van der Waals surface area contributed by atoms with Crippen LogP contribution in [-0.4, -0.2) is 23.9 Å². The molecule has 2 rings (SSSR count). The summed E-state index contributed by atoms with van der Waals surface area (Å²) in [6.07, 6.45) is 0. The first-order chi connectivity index (χ1) is 8.79. The van der Waals surface area contributed by atoms with Crippen molar-refractivity contribution in [3.8, 4) is 0 Å². The number of hydrogen-bond acceptors (Lipinski definition) is 5. The zero-order chi connectivity index (χ0) is 12.8. The third kappa shape index (κ3) is 3.38. The van der Waals surface area contributed by atoms with Crippen LogP contribution in [0.15, 0.2) is 34.9 Å². The van der Waals surface area contributed by atoms with Gasteiger partial charge in [-0.1, -0.05) is 35.5 Å². The van der Waals surface area contributed by atoms with Gasteiger partial charge in [-0.3, -0.25) is 0 Å². The van der Waals surface area contributed by atoms with Crippen molar-refractivity contribution in [2.24, 2.45) is 0 Å². The summed E-state index contributed by atoms with van der Waals surface area (Å²) in [4.78, 5) is 4.16. The molecule has 18 heavy (non-hydrogen) atoms. The van der Waals surface area contributed by atoms with Gasteiger partial charge in [0.15, 0.2) is 5.82 Å². The van der Waals surface area contributed by atoms with Crippen molar-refractivity contribution in [1.82, 2.24) is 15.5 Å². The van der Waals surface area contributed by atoms with Crippen LogP contribution in [0.25, 0.3) is 0 Å². The molecule has 0 bridgehead atoms. The third-order valence-electron chi connectivity index (χ3n) is 2.61. The van der Waals surface area contributed by atoms with Gasteiger partial charge in [0.25, 0.3) is 0 Å². The molecule has 0 spiro atoms. The fourth-order valence-electron chi connectivity index (χ4n) is 1.75. The molecule has 1 unspecified atom stereocenters. The Labute approximate surface area is 106 Å². The number of rotatable bonds is 6. The quantitative estimate of drug-likeness (QED) is 0.844. The van der Waals surface area contributed by atoms with E-state index in [-0.39, 0.29) is 6.04 Å². The predicted molar refractivity (Wildman–Crippen MR) is 66.9 cm³/mol. The monoisotopic (exact) mass is 247 g/mol. The highest BCUT2D eigenvalue weighted by atomic mass is 16.5. The fraction of sp³-hybridized carbons (Fsp3) is 0.385. The van der Waals surface area contributed by atoms with Crippen molar-refractivity contribution in [2.75, 3.05) is 13.7 Å². The second-order valence-corrected chi connectivity index (χ2v) is 4.03. The Morgan fingerprint density at radius 3 is 2.72 bits per heavy atom. The van der Waals surface area contributed by atoms with Gasteiger partial charge < -0.3 is 14.6 Å². The smallest absolute Gasteiger partial charge is 0.223 e. The lowest BCUT2D eigenvalue weighted by Crippen LogP contribution is -2.25. The molecule has 5 heteroatoms. The largest absolute Gasteiger partial charge is 0.383 e. The van der Waals surface area contributed by atoms with Crippen LogP contribution in [0.5, 0.6) is 0 Å². The average molecular weight is 247 g/mol. The number of nitrogens with zero attached hydrogens (tertiary/aromatic N) is 2. The minimum absolute atomic E-state index is 0.120. The molecule has 0 amide bonds. The van der Waals surface area contributed by atoms with Gasteiger partial charge in [0.1, 0.15) is 0 Å². The molecule has 1 N–H and O–H groups in total. The number of benzene rings is 1. The molecule has 2 aromatic rings. The summed E-state index contributed by atoms with van der Waals surface area (Å²) in [6, 6.07) is 10.3. The molecule has 0 saturated heterocycles. The summed E-state index contributed by atoms with van der Waals surface area (Å²) >= 11 is 0. The van der Waals surface area contributed by atoms with Crippen molar-refractivity contribution in [1.29, 1.82) is 0 Å². The highest BCUT2D eigenvalue weighted by Gasteiger charge is 2.11. The number of hydrogen-bond donors (Lipinski definition) is 1. The second kappa shape index (κ2) is 6.28. The van der Waals surface area contributed by atoms with E-state index < -0.39 is 0 Å². The van der Waals surface area contributed by atoms with E-state index in [9.17, 15) is 0 Å². The fourth-order valence-corrected chi connectivity index (χ4v) is 1.75. The Morgan fingerprint density at radius 1 is 1.33 bits per heavy atom. The average Bonchev–Trinajstić information content (AvgIpc) is 2.81. The second-order valence-electron chi connectivity index (χ2n) is 4.03. The van der Waals surface area contributed by atoms with E-state index in [2.05, 4.69) is 27.6 Å². The number of ether oxygens (including phenoxy) is 1. The Bertz CT molecular complexity index is 470. The zero-order valence-electron chi connectivity index (χ0n) is 10.6. The van der Waals surface area contributed by atoms with Crippen LogP contribution in [-0.2, 0) is 11.3 Å². The summed E-state index contributed by atoms with van der Waals surface area (Å²) in [7, 11) is 1.69. The van der Waals surface area contributed by atoms with Crippen molar-refractivity contribution in [3.63, 3.8) is 0 Å². The Morgan fingerprint density at radius 2 is 2.11 bits per heavy atom. The van der Waals surface area contributed by atoms with E-state index >= 15 is 0 Å². The standard InChI is InChI=1S/C13H17N3O2/c1-10-15-13(16-18-10)8-14-12(9-17-2)11-6-4-3-5-7-11/h3-7,12,14H,8-9H2,1-2H3. The molecule has 1 aromatic heterocycles. The van der Waals surface area contributed by atoms with Crippen molar-refractivity contribution >= 4 is 0 Å². The summed E-state index contributed by atoms with van der Waals surface area (Å²) in [5, 5.41) is 7.21. The maximum Gasteiger partial charge on any atom is 0.223 e. The van der Waals surface area contributed by atoms with Crippen molar-refractivity contribution in [2.45, 2.75) is 19.5 Å². The van der Waals surface area contributed by atoms with Crippen LogP contribution in [0.2, 0.25) is 0 Å². The van der Waals surface area contributed by atoms with Gasteiger partial charge in [0.2, 0.25) is 5.89 Å². The first kappa shape index (κ1) is 12.7. The normalized spacial score (nSPS) is 12.6. The number of nitrogens with one attached hydrogen (secondary N) is 1. The lowest BCUT2D eigenvalue weighted by Gasteiger charge is -2.17. The number of aromatic nitrogens is 2. The van der Waals surface area contributed by atoms with Gasteiger partial charge in [-0.15, -0.1) is 0 Å². The minimum atomic E-state index is 0.120. The number of methoxy groups -OCH3 is 1. The molecule has 5 nitrogen and oxygen atoms in total. The van der Waals surface area contributed by atoms with Gasteiger partial charge in [-0.25, -0.2) is 0 Å². The lowest BCUT2D eigenvalue weighted by atomic mass is 10.1. The zero-order valence-corrected chi connectivity index (χ0v) is 10.6. The topological polar surface area (TPSA) is 60.2 Å². The number of aryl methyl sites for hydroxylation is 1. The summed E-state index contributed by atoms with van der Waals surface area (Å²) < 4.78 is 10.2. The molecule has 1 atom stereocenters. The molecular formula is C13H17N3O2. The predicted octanol–water partition coefficient (Wildman–Crippen LogP) is 1.86. The van der Waals surface area contributed by atoms with E-state index in [1.807, 2.05) is 18.2 Å². The van der Waals surface area contributed by atoms with Crippen molar-refractivity contribution in [3.05, 3.63) is 47.6 Å². The highest BCUT2D eigenvalue weighted by Crippen LogP contribution is 2.13. The molecule has 0 aliphatic carbocycles. The third-order valence-corrected chi connectivity index (χ3v) is 2.61. The molecule has 0 fully saturated rings. The molecule has 1 heterocycles. The van der Waals surface area contributed by atoms with E-state index in [1.165, 1.54) is 5.56 Å². The molecule has 0 radical (unpaired) electrons. The van der Waals surface area contributed by atoms with Crippen molar-refractivity contribution < 1.29 is 9.26 Å². The summed E-state index contributed by atoms with van der Waals surface area (Å²) in [5.41, 5.74) is 1.18. The van der Waals surface area contributed by atoms with Crippen LogP contribution < -0.4 is 5.32 Å². The van der Waals surface area contributed by atoms with E-state index in [0.717, 1.165) is 0 Å². The van der Waals surface area contributed by atoms with Crippen LogP contribution in [0.4, 0.5) is 0 Å². The van der Waals surface area contributed by atoms with Gasteiger partial charge in [-0.05, 0) is 5.56 Å². The van der Waals surface area contributed by atoms with Gasteiger partial charge in [0, 0.05) is 14.0 Å². The maximum atomic E-state index is 5.23. The van der Waals surface area contributed by atoms with Crippen LogP contribution in [0.3, 0.4) is 0 Å². The SMILES string of the molecule is COCC(NCc1noc(C)n1)c1ccccc1. The van der Waals surface area contributed by atoms with E-state index in [0.29, 0.717) is 24.9 Å². The molecule has 0 saturated carbocycles. The Kier molecular flexibility index (Phi) is 4.44. The maximum absolute atomic E-state index is 5.23. The van der Waals surface area contributed by atoms with Gasteiger partial charge in [0.05, 0.1) is 19.2 Å².